The minimum atomic E-state index is -1.06. The Morgan fingerprint density at radius 3 is 2.50 bits per heavy atom. The molecule has 0 fully saturated rings. The number of nitrogens with zero attached hydrogens (tertiary/aromatic N) is 5. The van der Waals surface area contributed by atoms with E-state index in [2.05, 4.69) is 30.5 Å². The third-order valence-corrected chi connectivity index (χ3v) is 6.54. The van der Waals surface area contributed by atoms with Crippen molar-refractivity contribution in [3.8, 4) is 0 Å². The molecule has 1 amide bonds. The zero-order valence-corrected chi connectivity index (χ0v) is 23.9. The van der Waals surface area contributed by atoms with Gasteiger partial charge >= 0.3 is 0 Å². The highest BCUT2D eigenvalue weighted by atomic mass is 19.2. The average Bonchev–Trinajstić information content (AvgIpc) is 2.99. The SMILES string of the molecule is CN(C)Cc1ccc(Nc2ncc3cc(/C=C(/F)CNC(=O)c4cncn(Cc5ccc(F)c(F)c5)c4=O)ccc3n2)cc1. The van der Waals surface area contributed by atoms with Crippen LogP contribution in [0.1, 0.15) is 27.0 Å². The summed E-state index contributed by atoms with van der Waals surface area (Å²) in [4.78, 5) is 40.3. The molecule has 0 saturated heterocycles. The number of anilines is 2. The van der Waals surface area contributed by atoms with E-state index >= 15 is 0 Å². The summed E-state index contributed by atoms with van der Waals surface area (Å²) in [5, 5.41) is 6.24. The van der Waals surface area contributed by atoms with Gasteiger partial charge in [0.05, 0.1) is 24.9 Å². The molecule has 2 aromatic heterocycles. The lowest BCUT2D eigenvalue weighted by molar-refractivity contribution is 0.0952. The van der Waals surface area contributed by atoms with Crippen molar-refractivity contribution in [2.75, 3.05) is 26.0 Å². The Labute approximate surface area is 250 Å². The van der Waals surface area contributed by atoms with E-state index in [0.29, 0.717) is 28.0 Å². The predicted molar refractivity (Wildman–Crippen MR) is 162 cm³/mol. The monoisotopic (exact) mass is 599 g/mol. The summed E-state index contributed by atoms with van der Waals surface area (Å²) in [6.07, 6.45) is 5.13. The van der Waals surface area contributed by atoms with Gasteiger partial charge in [0.1, 0.15) is 11.4 Å². The van der Waals surface area contributed by atoms with Gasteiger partial charge in [0.2, 0.25) is 5.95 Å². The molecule has 2 heterocycles. The average molecular weight is 600 g/mol. The molecule has 0 aliphatic heterocycles. The van der Waals surface area contributed by atoms with Crippen molar-refractivity contribution in [3.05, 3.63) is 129 Å². The number of fused-ring (bicyclic) bond motifs is 1. The van der Waals surface area contributed by atoms with Crippen LogP contribution in [0.5, 0.6) is 0 Å². The van der Waals surface area contributed by atoms with Gasteiger partial charge in [-0.3, -0.25) is 14.2 Å². The van der Waals surface area contributed by atoms with Crippen molar-refractivity contribution in [1.29, 1.82) is 0 Å². The molecule has 224 valence electrons. The Kier molecular flexibility index (Phi) is 9.10. The zero-order valence-electron chi connectivity index (χ0n) is 23.9. The van der Waals surface area contributed by atoms with Crippen LogP contribution in [0.2, 0.25) is 0 Å². The Balaban J connectivity index is 1.21. The molecule has 0 radical (unpaired) electrons. The largest absolute Gasteiger partial charge is 0.345 e. The molecule has 5 aromatic rings. The number of amides is 1. The van der Waals surface area contributed by atoms with E-state index < -0.39 is 35.5 Å². The van der Waals surface area contributed by atoms with Crippen LogP contribution < -0.4 is 16.2 Å². The fraction of sp³-hybridized carbons (Fsp3) is 0.156. The van der Waals surface area contributed by atoms with Gasteiger partial charge in [0, 0.05) is 30.0 Å². The van der Waals surface area contributed by atoms with E-state index in [0.717, 1.165) is 35.1 Å². The predicted octanol–water partition coefficient (Wildman–Crippen LogP) is 5.06. The van der Waals surface area contributed by atoms with E-state index in [1.165, 1.54) is 24.0 Å². The fourth-order valence-corrected chi connectivity index (χ4v) is 4.44. The second-order valence-corrected chi connectivity index (χ2v) is 10.3. The Bertz CT molecular complexity index is 1910. The van der Waals surface area contributed by atoms with Crippen LogP contribution in [0, 0.1) is 11.6 Å². The van der Waals surface area contributed by atoms with Crippen molar-refractivity contribution < 1.29 is 18.0 Å². The van der Waals surface area contributed by atoms with E-state index in [1.807, 2.05) is 38.4 Å². The first-order valence-electron chi connectivity index (χ1n) is 13.5. The van der Waals surface area contributed by atoms with Crippen LogP contribution in [0.15, 0.2) is 90.0 Å². The van der Waals surface area contributed by atoms with Crippen LogP contribution in [-0.2, 0) is 13.1 Å². The first-order chi connectivity index (χ1) is 21.1. The smallest absolute Gasteiger partial charge is 0.266 e. The number of carbonyl (C=O) groups excluding carboxylic acids is 1. The summed E-state index contributed by atoms with van der Waals surface area (Å²) in [5.41, 5.74) is 2.50. The van der Waals surface area contributed by atoms with Gasteiger partial charge in [0.15, 0.2) is 11.6 Å². The number of aromatic nitrogens is 4. The molecule has 0 unspecified atom stereocenters. The summed E-state index contributed by atoms with van der Waals surface area (Å²) in [6, 6.07) is 16.3. The second kappa shape index (κ2) is 13.3. The molecule has 0 aliphatic rings. The minimum absolute atomic E-state index is 0.133. The Morgan fingerprint density at radius 1 is 0.977 bits per heavy atom. The topological polar surface area (TPSA) is 105 Å². The minimum Gasteiger partial charge on any atom is -0.345 e. The molecule has 0 aliphatic carbocycles. The summed E-state index contributed by atoms with van der Waals surface area (Å²) in [6.45, 7) is 0.235. The number of nitrogens with one attached hydrogen (secondary N) is 2. The van der Waals surface area contributed by atoms with Crippen LogP contribution in [0.3, 0.4) is 0 Å². The molecule has 5 rings (SSSR count). The molecule has 0 spiro atoms. The van der Waals surface area contributed by atoms with Crippen LogP contribution in [0.4, 0.5) is 24.8 Å². The molecule has 12 heteroatoms. The quantitative estimate of drug-likeness (QED) is 0.231. The highest BCUT2D eigenvalue weighted by Crippen LogP contribution is 2.20. The van der Waals surface area contributed by atoms with Gasteiger partial charge in [-0.2, -0.15) is 0 Å². The van der Waals surface area contributed by atoms with Crippen molar-refractivity contribution in [2.24, 2.45) is 0 Å². The molecule has 0 bridgehead atoms. The van der Waals surface area contributed by atoms with Crippen molar-refractivity contribution in [3.63, 3.8) is 0 Å². The molecule has 3 aromatic carbocycles. The summed E-state index contributed by atoms with van der Waals surface area (Å²) >= 11 is 0. The molecule has 9 nitrogen and oxygen atoms in total. The van der Waals surface area contributed by atoms with E-state index in [-0.39, 0.29) is 12.1 Å². The second-order valence-electron chi connectivity index (χ2n) is 10.3. The van der Waals surface area contributed by atoms with Gasteiger partial charge < -0.3 is 15.5 Å². The van der Waals surface area contributed by atoms with Gasteiger partial charge in [-0.15, -0.1) is 0 Å². The Hall–Kier alpha value is -5.36. The number of benzene rings is 3. The van der Waals surface area contributed by atoms with Crippen LogP contribution in [-0.4, -0.2) is 51.0 Å². The molecule has 2 N–H and O–H groups in total. The van der Waals surface area contributed by atoms with Crippen molar-refractivity contribution in [2.45, 2.75) is 13.1 Å². The molecule has 0 atom stereocenters. The van der Waals surface area contributed by atoms with Gasteiger partial charge in [-0.25, -0.2) is 28.1 Å². The maximum Gasteiger partial charge on any atom is 0.266 e. The van der Waals surface area contributed by atoms with Crippen molar-refractivity contribution in [1.82, 2.24) is 29.7 Å². The Morgan fingerprint density at radius 2 is 1.75 bits per heavy atom. The lowest BCUT2D eigenvalue weighted by Crippen LogP contribution is -2.34. The van der Waals surface area contributed by atoms with E-state index in [1.54, 1.807) is 24.4 Å². The third-order valence-electron chi connectivity index (χ3n) is 6.54. The van der Waals surface area contributed by atoms with Crippen LogP contribution >= 0.6 is 0 Å². The van der Waals surface area contributed by atoms with Crippen LogP contribution in [0.25, 0.3) is 17.0 Å². The maximum atomic E-state index is 14.7. The fourth-order valence-electron chi connectivity index (χ4n) is 4.44. The lowest BCUT2D eigenvalue weighted by atomic mass is 10.1. The highest BCUT2D eigenvalue weighted by molar-refractivity contribution is 5.93. The van der Waals surface area contributed by atoms with Gasteiger partial charge in [-0.1, -0.05) is 24.3 Å². The number of hydrogen-bond donors (Lipinski definition) is 2. The maximum absolute atomic E-state index is 14.7. The highest BCUT2D eigenvalue weighted by Gasteiger charge is 2.14. The number of halogens is 3. The summed E-state index contributed by atoms with van der Waals surface area (Å²) in [5.74, 6) is -3.13. The normalized spacial score (nSPS) is 11.6. The summed E-state index contributed by atoms with van der Waals surface area (Å²) in [7, 11) is 4.02. The summed E-state index contributed by atoms with van der Waals surface area (Å²) < 4.78 is 42.6. The molecule has 0 saturated carbocycles. The molecular formula is C32H28F3N7O2. The molecular weight excluding hydrogens is 571 g/mol. The van der Waals surface area contributed by atoms with E-state index in [9.17, 15) is 22.8 Å². The van der Waals surface area contributed by atoms with E-state index in [4.69, 9.17) is 0 Å². The first-order valence-corrected chi connectivity index (χ1v) is 13.5. The lowest BCUT2D eigenvalue weighted by Gasteiger charge is -2.11. The van der Waals surface area contributed by atoms with Gasteiger partial charge in [0.25, 0.3) is 11.5 Å². The number of hydrogen-bond acceptors (Lipinski definition) is 7. The standard InChI is InChI=1S/C32H28F3N7O2/c1-41(2)17-20-3-7-25(8-4-20)39-32-38-14-23-11-21(6-10-29(23)40-32)12-24(33)15-37-30(43)26-16-36-19-42(31(26)44)18-22-5-9-27(34)28(35)13-22/h3-14,16,19H,15,17-18H2,1-2H3,(H,37,43)(H,38,39,40)/b24-12+. The third kappa shape index (κ3) is 7.53. The first kappa shape index (κ1) is 30.1. The zero-order chi connectivity index (χ0) is 31.2. The number of rotatable bonds is 10. The molecule has 44 heavy (non-hydrogen) atoms. The van der Waals surface area contributed by atoms with Crippen molar-refractivity contribution >= 4 is 34.5 Å². The van der Waals surface area contributed by atoms with Gasteiger partial charge in [-0.05, 0) is 73.3 Å². The number of carbonyl (C=O) groups is 1.